The SMILES string of the molecule is CC(C)c1ccc(NC(=O)CN2C(=O)S/C(=C/c3ccc(-c4ccc(Cl)c(C(=O)O)c4)o3)C2=O)cc1. The molecule has 8 nitrogen and oxygen atoms in total. The average Bonchev–Trinajstić information content (AvgIpc) is 3.40. The first-order valence-electron chi connectivity index (χ1n) is 10.9. The van der Waals surface area contributed by atoms with E-state index in [4.69, 9.17) is 16.0 Å². The first kappa shape index (κ1) is 25.3. The zero-order chi connectivity index (χ0) is 26.0. The van der Waals surface area contributed by atoms with Crippen LogP contribution in [0.4, 0.5) is 10.5 Å². The Balaban J connectivity index is 1.44. The number of imide groups is 1. The number of thioether (sulfide) groups is 1. The number of nitrogens with zero attached hydrogens (tertiary/aromatic N) is 1. The molecule has 1 aliphatic heterocycles. The van der Waals surface area contributed by atoms with E-state index >= 15 is 0 Å². The standard InChI is InChI=1S/C26H21ClN2O6S/c1-14(2)15-3-6-17(7-4-15)28-23(30)13-29-24(31)22(36-26(29)34)12-18-8-10-21(35-18)16-5-9-20(27)19(11-16)25(32)33/h3-12,14H,13H2,1-2H3,(H,28,30)(H,32,33)/b22-12+. The minimum Gasteiger partial charge on any atom is -0.478 e. The van der Waals surface area contributed by atoms with E-state index in [0.29, 0.717) is 34.7 Å². The van der Waals surface area contributed by atoms with E-state index in [1.54, 1.807) is 30.3 Å². The molecule has 0 atom stereocenters. The summed E-state index contributed by atoms with van der Waals surface area (Å²) in [5, 5.41) is 11.5. The van der Waals surface area contributed by atoms with E-state index in [1.807, 2.05) is 12.1 Å². The van der Waals surface area contributed by atoms with Gasteiger partial charge in [0.15, 0.2) is 0 Å². The van der Waals surface area contributed by atoms with Gasteiger partial charge in [0.25, 0.3) is 11.1 Å². The highest BCUT2D eigenvalue weighted by molar-refractivity contribution is 8.18. The van der Waals surface area contributed by atoms with Gasteiger partial charge in [-0.2, -0.15) is 0 Å². The Labute approximate surface area is 215 Å². The number of carbonyl (C=O) groups is 4. The summed E-state index contributed by atoms with van der Waals surface area (Å²) in [6, 6.07) is 15.0. The van der Waals surface area contributed by atoms with Gasteiger partial charge in [0.2, 0.25) is 5.91 Å². The van der Waals surface area contributed by atoms with Gasteiger partial charge in [-0.05, 0) is 65.7 Å². The summed E-state index contributed by atoms with van der Waals surface area (Å²) in [7, 11) is 0. The van der Waals surface area contributed by atoms with Crippen molar-refractivity contribution in [3.05, 3.63) is 81.4 Å². The van der Waals surface area contributed by atoms with Gasteiger partial charge < -0.3 is 14.8 Å². The second-order valence-electron chi connectivity index (χ2n) is 8.29. The molecule has 4 rings (SSSR count). The summed E-state index contributed by atoms with van der Waals surface area (Å²) >= 11 is 6.62. The number of carboxylic acid groups (broad SMARTS) is 1. The smallest absolute Gasteiger partial charge is 0.337 e. The van der Waals surface area contributed by atoms with Gasteiger partial charge in [-0.1, -0.05) is 37.6 Å². The van der Waals surface area contributed by atoms with Gasteiger partial charge in [0.1, 0.15) is 18.1 Å². The van der Waals surface area contributed by atoms with Gasteiger partial charge in [-0.25, -0.2) is 4.79 Å². The van der Waals surface area contributed by atoms with Crippen LogP contribution in [0.1, 0.15) is 41.4 Å². The first-order chi connectivity index (χ1) is 17.1. The number of furan rings is 1. The summed E-state index contributed by atoms with van der Waals surface area (Å²) in [6.07, 6.45) is 1.41. The number of hydrogen-bond donors (Lipinski definition) is 2. The number of amides is 3. The molecule has 3 amide bonds. The van der Waals surface area contributed by atoms with Crippen LogP contribution < -0.4 is 5.32 Å². The zero-order valence-electron chi connectivity index (χ0n) is 19.3. The number of nitrogens with one attached hydrogen (secondary N) is 1. The molecule has 0 unspecified atom stereocenters. The Morgan fingerprint density at radius 2 is 1.83 bits per heavy atom. The van der Waals surface area contributed by atoms with Gasteiger partial charge in [-0.15, -0.1) is 0 Å². The second kappa shape index (κ2) is 10.4. The molecule has 0 spiro atoms. The zero-order valence-corrected chi connectivity index (χ0v) is 20.9. The van der Waals surface area contributed by atoms with E-state index in [-0.39, 0.29) is 21.3 Å². The molecule has 2 aromatic carbocycles. The van der Waals surface area contributed by atoms with Crippen LogP contribution in [-0.2, 0) is 9.59 Å². The quantitative estimate of drug-likeness (QED) is 0.359. The van der Waals surface area contributed by atoms with Crippen molar-refractivity contribution in [3.63, 3.8) is 0 Å². The van der Waals surface area contributed by atoms with Gasteiger partial charge in [-0.3, -0.25) is 19.3 Å². The largest absolute Gasteiger partial charge is 0.478 e. The van der Waals surface area contributed by atoms with Crippen molar-refractivity contribution in [1.29, 1.82) is 0 Å². The third-order valence-corrected chi connectivity index (χ3v) is 6.65. The fourth-order valence-corrected chi connectivity index (χ4v) is 4.51. The fourth-order valence-electron chi connectivity index (χ4n) is 3.49. The van der Waals surface area contributed by atoms with E-state index in [0.717, 1.165) is 10.5 Å². The maximum Gasteiger partial charge on any atom is 0.337 e. The van der Waals surface area contributed by atoms with Crippen LogP contribution in [0.15, 0.2) is 63.9 Å². The first-order valence-corrected chi connectivity index (χ1v) is 12.1. The van der Waals surface area contributed by atoms with Crippen molar-refractivity contribution in [1.82, 2.24) is 4.90 Å². The number of carboxylic acids is 1. The van der Waals surface area contributed by atoms with Crippen molar-refractivity contribution < 1.29 is 28.7 Å². The molecule has 184 valence electrons. The number of hydrogen-bond acceptors (Lipinski definition) is 6. The van der Waals surface area contributed by atoms with Gasteiger partial charge in [0, 0.05) is 17.3 Å². The second-order valence-corrected chi connectivity index (χ2v) is 9.69. The molecule has 3 aromatic rings. The molecule has 10 heteroatoms. The Morgan fingerprint density at radius 1 is 1.11 bits per heavy atom. The summed E-state index contributed by atoms with van der Waals surface area (Å²) in [6.45, 7) is 3.72. The molecule has 2 N–H and O–H groups in total. The van der Waals surface area contributed by atoms with Crippen molar-refractivity contribution in [3.8, 4) is 11.3 Å². The topological polar surface area (TPSA) is 117 Å². The molecular weight excluding hydrogens is 504 g/mol. The lowest BCUT2D eigenvalue weighted by Gasteiger charge is -2.13. The maximum absolute atomic E-state index is 12.8. The lowest BCUT2D eigenvalue weighted by molar-refractivity contribution is -0.127. The lowest BCUT2D eigenvalue weighted by atomic mass is 10.0. The fraction of sp³-hybridized carbons (Fsp3) is 0.154. The van der Waals surface area contributed by atoms with E-state index in [9.17, 15) is 24.3 Å². The average molecular weight is 525 g/mol. The highest BCUT2D eigenvalue weighted by Crippen LogP contribution is 2.34. The predicted molar refractivity (Wildman–Crippen MR) is 138 cm³/mol. The molecule has 1 fully saturated rings. The molecule has 1 aliphatic rings. The Kier molecular flexibility index (Phi) is 7.32. The number of carbonyl (C=O) groups excluding carboxylic acids is 3. The maximum atomic E-state index is 12.8. The molecular formula is C26H21ClN2O6S. The molecule has 0 bridgehead atoms. The van der Waals surface area contributed by atoms with Crippen molar-refractivity contribution >= 4 is 58.1 Å². The molecule has 0 aliphatic carbocycles. The summed E-state index contributed by atoms with van der Waals surface area (Å²) < 4.78 is 5.72. The third-order valence-electron chi connectivity index (χ3n) is 5.42. The number of halogens is 1. The van der Waals surface area contributed by atoms with Crippen LogP contribution in [0.25, 0.3) is 17.4 Å². The highest BCUT2D eigenvalue weighted by atomic mass is 35.5. The molecule has 2 heterocycles. The molecule has 1 aromatic heterocycles. The Morgan fingerprint density at radius 3 is 2.50 bits per heavy atom. The van der Waals surface area contributed by atoms with E-state index < -0.39 is 29.6 Å². The monoisotopic (exact) mass is 524 g/mol. The van der Waals surface area contributed by atoms with Crippen LogP contribution in [0, 0.1) is 0 Å². The van der Waals surface area contributed by atoms with Crippen LogP contribution in [0.3, 0.4) is 0 Å². The highest BCUT2D eigenvalue weighted by Gasteiger charge is 2.36. The number of rotatable bonds is 7. The molecule has 1 saturated heterocycles. The van der Waals surface area contributed by atoms with Gasteiger partial charge in [0.05, 0.1) is 15.5 Å². The normalized spacial score (nSPS) is 14.7. The van der Waals surface area contributed by atoms with E-state index in [1.165, 1.54) is 18.2 Å². The summed E-state index contributed by atoms with van der Waals surface area (Å²) in [5.74, 6) is -1.25. The Bertz CT molecular complexity index is 1390. The number of aromatic carboxylic acids is 1. The number of anilines is 1. The summed E-state index contributed by atoms with van der Waals surface area (Å²) in [5.41, 5.74) is 2.12. The van der Waals surface area contributed by atoms with Crippen molar-refractivity contribution in [2.45, 2.75) is 19.8 Å². The third kappa shape index (κ3) is 5.53. The van der Waals surface area contributed by atoms with Crippen LogP contribution in [-0.4, -0.2) is 39.6 Å². The molecule has 0 radical (unpaired) electrons. The van der Waals surface area contributed by atoms with Crippen LogP contribution in [0.2, 0.25) is 5.02 Å². The molecule has 36 heavy (non-hydrogen) atoms. The summed E-state index contributed by atoms with van der Waals surface area (Å²) in [4.78, 5) is 49.9. The van der Waals surface area contributed by atoms with Crippen LogP contribution in [0.5, 0.6) is 0 Å². The predicted octanol–water partition coefficient (Wildman–Crippen LogP) is 6.10. The number of benzene rings is 2. The lowest BCUT2D eigenvalue weighted by Crippen LogP contribution is -2.36. The van der Waals surface area contributed by atoms with Crippen molar-refractivity contribution in [2.24, 2.45) is 0 Å². The molecule has 0 saturated carbocycles. The van der Waals surface area contributed by atoms with Gasteiger partial charge >= 0.3 is 5.97 Å². The van der Waals surface area contributed by atoms with Crippen molar-refractivity contribution in [2.75, 3.05) is 11.9 Å². The minimum absolute atomic E-state index is 0.0672. The van der Waals surface area contributed by atoms with E-state index in [2.05, 4.69) is 19.2 Å². The Hall–Kier alpha value is -3.82. The van der Waals surface area contributed by atoms with Crippen LogP contribution >= 0.6 is 23.4 Å². The minimum atomic E-state index is -1.17.